The summed E-state index contributed by atoms with van der Waals surface area (Å²) in [6, 6.07) is 5.41. The predicted molar refractivity (Wildman–Crippen MR) is 58.3 cm³/mol. The van der Waals surface area contributed by atoms with Crippen LogP contribution in [0.25, 0.3) is 0 Å². The predicted octanol–water partition coefficient (Wildman–Crippen LogP) is 2.66. The molecule has 0 aliphatic rings. The van der Waals surface area contributed by atoms with Crippen molar-refractivity contribution in [3.05, 3.63) is 35.1 Å². The van der Waals surface area contributed by atoms with E-state index < -0.39 is 30.7 Å². The molecule has 0 aliphatic carbocycles. The molecule has 1 amide bonds. The first-order valence-corrected chi connectivity index (χ1v) is 5.34. The summed E-state index contributed by atoms with van der Waals surface area (Å²) in [5.41, 5.74) is 0.240. The van der Waals surface area contributed by atoms with Crippen molar-refractivity contribution in [1.29, 1.82) is 5.26 Å². The van der Waals surface area contributed by atoms with E-state index in [9.17, 15) is 22.4 Å². The van der Waals surface area contributed by atoms with Crippen molar-refractivity contribution in [2.75, 3.05) is 0 Å². The van der Waals surface area contributed by atoms with Crippen molar-refractivity contribution in [3.8, 4) is 6.07 Å². The summed E-state index contributed by atoms with van der Waals surface area (Å²) in [5, 5.41) is 10.7. The normalized spacial score (nSPS) is 10.9. The summed E-state index contributed by atoms with van der Waals surface area (Å²) in [6.07, 6.45) is -6.30. The van der Waals surface area contributed by atoms with Crippen LogP contribution in [0.15, 0.2) is 18.2 Å². The number of nitrogens with zero attached hydrogens (tertiary/aromatic N) is 1. The van der Waals surface area contributed by atoms with Crippen LogP contribution in [0.2, 0.25) is 0 Å². The highest BCUT2D eigenvalue weighted by molar-refractivity contribution is 5.75. The molecular formula is C12H10F4N2O. The molecule has 1 aromatic carbocycles. The number of hydrogen-bond acceptors (Lipinski definition) is 2. The van der Waals surface area contributed by atoms with Gasteiger partial charge in [-0.05, 0) is 12.1 Å². The number of amides is 1. The maximum absolute atomic E-state index is 13.4. The number of carbonyl (C=O) groups is 1. The Kier molecular flexibility index (Phi) is 4.87. The molecule has 0 fully saturated rings. The molecule has 1 rings (SSSR count). The van der Waals surface area contributed by atoms with Crippen LogP contribution in [0.5, 0.6) is 0 Å². The van der Waals surface area contributed by atoms with E-state index in [1.807, 2.05) is 0 Å². The van der Waals surface area contributed by atoms with Gasteiger partial charge in [-0.3, -0.25) is 4.79 Å². The highest BCUT2D eigenvalue weighted by atomic mass is 19.4. The summed E-state index contributed by atoms with van der Waals surface area (Å²) in [5.74, 6) is -1.49. The largest absolute Gasteiger partial charge is 0.389 e. The van der Waals surface area contributed by atoms with E-state index in [4.69, 9.17) is 5.26 Å². The molecule has 0 aliphatic heterocycles. The van der Waals surface area contributed by atoms with E-state index in [1.54, 1.807) is 6.07 Å². The van der Waals surface area contributed by atoms with E-state index in [-0.39, 0.29) is 17.7 Å². The topological polar surface area (TPSA) is 52.9 Å². The Balaban J connectivity index is 2.49. The lowest BCUT2D eigenvalue weighted by atomic mass is 10.1. The van der Waals surface area contributed by atoms with Gasteiger partial charge in [0, 0.05) is 18.5 Å². The second-order valence-electron chi connectivity index (χ2n) is 3.81. The fourth-order valence-electron chi connectivity index (χ4n) is 1.30. The first-order valence-electron chi connectivity index (χ1n) is 5.34. The summed E-state index contributed by atoms with van der Waals surface area (Å²) in [6.45, 7) is -0.214. The van der Waals surface area contributed by atoms with Crippen molar-refractivity contribution in [3.63, 3.8) is 0 Å². The molecule has 0 saturated carbocycles. The molecule has 0 spiro atoms. The number of hydrogen-bond donors (Lipinski definition) is 1. The van der Waals surface area contributed by atoms with Gasteiger partial charge in [0.1, 0.15) is 5.82 Å². The number of halogens is 4. The summed E-state index contributed by atoms with van der Waals surface area (Å²) >= 11 is 0. The average molecular weight is 274 g/mol. The van der Waals surface area contributed by atoms with Crippen LogP contribution in [0.4, 0.5) is 17.6 Å². The zero-order chi connectivity index (χ0) is 14.5. The molecule has 0 aromatic heterocycles. The fourth-order valence-corrected chi connectivity index (χ4v) is 1.30. The van der Waals surface area contributed by atoms with Crippen LogP contribution in [0.1, 0.15) is 24.0 Å². The van der Waals surface area contributed by atoms with Crippen LogP contribution in [0, 0.1) is 17.1 Å². The Morgan fingerprint density at radius 2 is 2.05 bits per heavy atom. The lowest BCUT2D eigenvalue weighted by molar-refractivity contribution is -0.144. The number of benzene rings is 1. The molecule has 0 heterocycles. The standard InChI is InChI=1S/C12H10F4N2O/c13-10-5-8(6-17)1-2-9(10)7-18-11(19)3-4-12(14,15)16/h1-2,5H,3-4,7H2,(H,18,19). The molecule has 0 saturated heterocycles. The summed E-state index contributed by atoms with van der Waals surface area (Å²) < 4.78 is 48.9. The van der Waals surface area contributed by atoms with Crippen molar-refractivity contribution in [2.24, 2.45) is 0 Å². The molecule has 19 heavy (non-hydrogen) atoms. The lowest BCUT2D eigenvalue weighted by Crippen LogP contribution is -2.25. The van der Waals surface area contributed by atoms with Crippen molar-refractivity contribution in [1.82, 2.24) is 5.32 Å². The average Bonchev–Trinajstić information content (AvgIpc) is 2.34. The van der Waals surface area contributed by atoms with Gasteiger partial charge >= 0.3 is 6.18 Å². The molecule has 0 radical (unpaired) electrons. The van der Waals surface area contributed by atoms with Gasteiger partial charge in [0.25, 0.3) is 0 Å². The second kappa shape index (κ2) is 6.18. The molecule has 102 valence electrons. The third-order valence-corrected chi connectivity index (χ3v) is 2.29. The Morgan fingerprint density at radius 1 is 1.37 bits per heavy atom. The maximum Gasteiger partial charge on any atom is 0.389 e. The van der Waals surface area contributed by atoms with Gasteiger partial charge in [-0.15, -0.1) is 0 Å². The quantitative estimate of drug-likeness (QED) is 0.858. The van der Waals surface area contributed by atoms with Crippen LogP contribution >= 0.6 is 0 Å². The van der Waals surface area contributed by atoms with E-state index in [1.165, 1.54) is 12.1 Å². The molecule has 0 bridgehead atoms. The molecule has 1 aromatic rings. The Labute approximate surface area is 106 Å². The number of alkyl halides is 3. The fraction of sp³-hybridized carbons (Fsp3) is 0.333. The molecular weight excluding hydrogens is 264 g/mol. The highest BCUT2D eigenvalue weighted by Crippen LogP contribution is 2.21. The minimum absolute atomic E-state index is 0.111. The van der Waals surface area contributed by atoms with Crippen LogP contribution in [-0.2, 0) is 11.3 Å². The smallest absolute Gasteiger partial charge is 0.352 e. The van der Waals surface area contributed by atoms with Crippen molar-refractivity contribution in [2.45, 2.75) is 25.6 Å². The van der Waals surface area contributed by atoms with Crippen LogP contribution in [-0.4, -0.2) is 12.1 Å². The molecule has 1 N–H and O–H groups in total. The second-order valence-corrected chi connectivity index (χ2v) is 3.81. The lowest BCUT2D eigenvalue weighted by Gasteiger charge is -2.08. The van der Waals surface area contributed by atoms with Crippen LogP contribution in [0.3, 0.4) is 0 Å². The monoisotopic (exact) mass is 274 g/mol. The third-order valence-electron chi connectivity index (χ3n) is 2.29. The number of rotatable bonds is 4. The number of nitrogens with one attached hydrogen (secondary N) is 1. The molecule has 0 atom stereocenters. The summed E-state index contributed by atoms with van der Waals surface area (Å²) in [4.78, 5) is 11.1. The zero-order valence-electron chi connectivity index (χ0n) is 9.72. The van der Waals surface area contributed by atoms with Crippen molar-refractivity contribution >= 4 is 5.91 Å². The maximum atomic E-state index is 13.4. The Bertz CT molecular complexity index is 505. The van der Waals surface area contributed by atoms with Gasteiger partial charge in [0.15, 0.2) is 0 Å². The molecule has 3 nitrogen and oxygen atoms in total. The minimum atomic E-state index is -4.39. The van der Waals surface area contributed by atoms with Gasteiger partial charge in [-0.2, -0.15) is 18.4 Å². The number of nitriles is 1. The van der Waals surface area contributed by atoms with E-state index >= 15 is 0 Å². The van der Waals surface area contributed by atoms with E-state index in [2.05, 4.69) is 5.32 Å². The first-order chi connectivity index (χ1) is 8.81. The van der Waals surface area contributed by atoms with Crippen molar-refractivity contribution < 1.29 is 22.4 Å². The summed E-state index contributed by atoms with van der Waals surface area (Å²) in [7, 11) is 0. The third kappa shape index (κ3) is 5.38. The van der Waals surface area contributed by atoms with E-state index in [0.717, 1.165) is 6.07 Å². The first kappa shape index (κ1) is 15.0. The Hall–Kier alpha value is -2.10. The SMILES string of the molecule is N#Cc1ccc(CNC(=O)CCC(F)(F)F)c(F)c1. The minimum Gasteiger partial charge on any atom is -0.352 e. The van der Waals surface area contributed by atoms with Gasteiger partial charge in [0.05, 0.1) is 18.1 Å². The zero-order valence-corrected chi connectivity index (χ0v) is 9.72. The molecule has 0 unspecified atom stereocenters. The number of carbonyl (C=O) groups excluding carboxylic acids is 1. The van der Waals surface area contributed by atoms with Gasteiger partial charge in [0.2, 0.25) is 5.91 Å². The van der Waals surface area contributed by atoms with Crippen LogP contribution < -0.4 is 5.32 Å². The van der Waals surface area contributed by atoms with Gasteiger partial charge in [-0.25, -0.2) is 4.39 Å². The van der Waals surface area contributed by atoms with Gasteiger partial charge in [-0.1, -0.05) is 6.07 Å². The molecule has 7 heteroatoms. The highest BCUT2D eigenvalue weighted by Gasteiger charge is 2.27. The Morgan fingerprint density at radius 3 is 2.58 bits per heavy atom. The van der Waals surface area contributed by atoms with Gasteiger partial charge < -0.3 is 5.32 Å². The van der Waals surface area contributed by atoms with E-state index in [0.29, 0.717) is 0 Å².